The molecule has 0 atom stereocenters. The summed E-state index contributed by atoms with van der Waals surface area (Å²) in [4.78, 5) is 2.29. The van der Waals surface area contributed by atoms with Gasteiger partial charge in [0.1, 0.15) is 5.58 Å². The van der Waals surface area contributed by atoms with E-state index in [0.717, 1.165) is 39.0 Å². The highest BCUT2D eigenvalue weighted by Gasteiger charge is 2.47. The fraction of sp³-hybridized carbons (Fsp3) is 0.0233. The van der Waals surface area contributed by atoms with Crippen LogP contribution in [0.25, 0.3) is 33.1 Å². The zero-order chi connectivity index (χ0) is 29.8. The van der Waals surface area contributed by atoms with E-state index in [1.807, 2.05) is 0 Å². The predicted octanol–water partition coefficient (Wildman–Crippen LogP) is 11.4. The number of para-hydroxylation sites is 3. The maximum atomic E-state index is 7.13. The minimum Gasteiger partial charge on any atom is -0.453 e. The van der Waals surface area contributed by atoms with E-state index in [1.165, 1.54) is 33.4 Å². The van der Waals surface area contributed by atoms with E-state index in [0.29, 0.717) is 0 Å². The zero-order valence-corrected chi connectivity index (χ0v) is 24.6. The van der Waals surface area contributed by atoms with Gasteiger partial charge in [-0.2, -0.15) is 0 Å². The molecule has 1 aromatic heterocycles. The minimum absolute atomic E-state index is 0.468. The molecular weight excluding hydrogens is 546 g/mol. The topological polar surface area (TPSA) is 16.4 Å². The van der Waals surface area contributed by atoms with Crippen LogP contribution in [-0.2, 0) is 5.41 Å². The Morgan fingerprint density at radius 2 is 0.933 bits per heavy atom. The van der Waals surface area contributed by atoms with Crippen LogP contribution in [0.15, 0.2) is 180 Å². The highest BCUT2D eigenvalue weighted by atomic mass is 16.3. The fourth-order valence-electron chi connectivity index (χ4n) is 7.52. The second-order valence-corrected chi connectivity index (χ2v) is 11.7. The molecule has 8 aromatic rings. The molecule has 0 unspecified atom stereocenters. The van der Waals surface area contributed by atoms with Crippen molar-refractivity contribution in [2.24, 2.45) is 0 Å². The average molecular weight is 576 g/mol. The number of anilines is 3. The summed E-state index contributed by atoms with van der Waals surface area (Å²) in [7, 11) is 0. The standard InChI is InChI=1S/C43H29NO/c1-5-16-30(17-6-1)43(31-18-7-2-8-19-31)37-26-14-13-24-36(37)40-38(43)29-28-35-34-25-15-27-39(41(34)45-42(35)40)44(32-20-9-3-10-21-32)33-22-11-4-12-23-33/h1-29H. The predicted molar refractivity (Wildman–Crippen MR) is 186 cm³/mol. The van der Waals surface area contributed by atoms with E-state index in [4.69, 9.17) is 4.42 Å². The molecule has 7 aromatic carbocycles. The second-order valence-electron chi connectivity index (χ2n) is 11.7. The lowest BCUT2D eigenvalue weighted by Gasteiger charge is -2.33. The molecule has 0 N–H and O–H groups in total. The molecule has 45 heavy (non-hydrogen) atoms. The molecule has 0 bridgehead atoms. The molecule has 0 radical (unpaired) electrons. The first kappa shape index (κ1) is 25.6. The van der Waals surface area contributed by atoms with Gasteiger partial charge in [-0.25, -0.2) is 0 Å². The van der Waals surface area contributed by atoms with E-state index in [9.17, 15) is 0 Å². The van der Waals surface area contributed by atoms with Crippen molar-refractivity contribution < 1.29 is 4.42 Å². The lowest BCUT2D eigenvalue weighted by Crippen LogP contribution is -2.28. The molecule has 1 heterocycles. The van der Waals surface area contributed by atoms with Crippen LogP contribution < -0.4 is 4.90 Å². The quantitative estimate of drug-likeness (QED) is 0.203. The Balaban J connectivity index is 1.38. The summed E-state index contributed by atoms with van der Waals surface area (Å²) in [5.74, 6) is 0. The largest absolute Gasteiger partial charge is 0.453 e. The summed E-state index contributed by atoms with van der Waals surface area (Å²) in [6.07, 6.45) is 0. The SMILES string of the molecule is c1ccc(N(c2ccccc2)c2cccc3c2oc2c4c(ccc23)C(c2ccccc2)(c2ccccc2)c2ccccc2-4)cc1. The lowest BCUT2D eigenvalue weighted by molar-refractivity contribution is 0.669. The maximum absolute atomic E-state index is 7.13. The highest BCUT2D eigenvalue weighted by Crippen LogP contribution is 2.58. The maximum Gasteiger partial charge on any atom is 0.159 e. The number of rotatable bonds is 5. The molecule has 1 aliphatic rings. The van der Waals surface area contributed by atoms with Gasteiger partial charge in [-0.05, 0) is 58.1 Å². The van der Waals surface area contributed by atoms with Gasteiger partial charge in [-0.3, -0.25) is 0 Å². The molecule has 2 heteroatoms. The summed E-state index contributed by atoms with van der Waals surface area (Å²) in [5, 5.41) is 2.23. The number of fused-ring (bicyclic) bond motifs is 7. The highest BCUT2D eigenvalue weighted by molar-refractivity contribution is 6.15. The zero-order valence-electron chi connectivity index (χ0n) is 24.6. The van der Waals surface area contributed by atoms with Crippen LogP contribution in [-0.4, -0.2) is 0 Å². The van der Waals surface area contributed by atoms with Gasteiger partial charge in [-0.15, -0.1) is 0 Å². The molecule has 212 valence electrons. The fourth-order valence-corrected chi connectivity index (χ4v) is 7.52. The van der Waals surface area contributed by atoms with Crippen molar-refractivity contribution in [3.63, 3.8) is 0 Å². The van der Waals surface area contributed by atoms with Gasteiger partial charge in [0.2, 0.25) is 0 Å². The van der Waals surface area contributed by atoms with Gasteiger partial charge in [0.15, 0.2) is 5.58 Å². The summed E-state index contributed by atoms with van der Waals surface area (Å²) >= 11 is 0. The van der Waals surface area contributed by atoms with Crippen LogP contribution in [0.3, 0.4) is 0 Å². The van der Waals surface area contributed by atoms with E-state index >= 15 is 0 Å². The molecule has 1 aliphatic carbocycles. The second kappa shape index (κ2) is 10.1. The molecular formula is C43H29NO. The molecule has 0 saturated heterocycles. The van der Waals surface area contributed by atoms with Crippen molar-refractivity contribution >= 4 is 39.0 Å². The Kier molecular flexibility index (Phi) is 5.76. The van der Waals surface area contributed by atoms with Crippen LogP contribution in [0.4, 0.5) is 17.1 Å². The third-order valence-electron chi connectivity index (χ3n) is 9.33. The first-order valence-corrected chi connectivity index (χ1v) is 15.5. The summed E-state index contributed by atoms with van der Waals surface area (Å²) in [6, 6.07) is 62.8. The van der Waals surface area contributed by atoms with Gasteiger partial charge in [-0.1, -0.05) is 146 Å². The minimum atomic E-state index is -0.468. The smallest absolute Gasteiger partial charge is 0.159 e. The van der Waals surface area contributed by atoms with Crippen molar-refractivity contribution in [1.29, 1.82) is 0 Å². The van der Waals surface area contributed by atoms with Crippen molar-refractivity contribution in [3.05, 3.63) is 198 Å². The third-order valence-corrected chi connectivity index (χ3v) is 9.33. The van der Waals surface area contributed by atoms with Gasteiger partial charge in [0, 0.05) is 27.7 Å². The lowest BCUT2D eigenvalue weighted by atomic mass is 9.68. The summed E-state index contributed by atoms with van der Waals surface area (Å²) in [6.45, 7) is 0. The Hall–Kier alpha value is -5.86. The van der Waals surface area contributed by atoms with Crippen LogP contribution in [0, 0.1) is 0 Å². The van der Waals surface area contributed by atoms with Crippen molar-refractivity contribution in [1.82, 2.24) is 0 Å². The van der Waals surface area contributed by atoms with Crippen molar-refractivity contribution in [3.8, 4) is 11.1 Å². The third kappa shape index (κ3) is 3.69. The number of furan rings is 1. The molecule has 9 rings (SSSR count). The number of hydrogen-bond donors (Lipinski definition) is 0. The van der Waals surface area contributed by atoms with Crippen LogP contribution in [0.5, 0.6) is 0 Å². The molecule has 0 saturated carbocycles. The molecule has 0 fully saturated rings. The monoisotopic (exact) mass is 575 g/mol. The molecule has 2 nitrogen and oxygen atoms in total. The average Bonchev–Trinajstić information content (AvgIpc) is 3.65. The van der Waals surface area contributed by atoms with Gasteiger partial charge in [0.25, 0.3) is 0 Å². The van der Waals surface area contributed by atoms with Crippen molar-refractivity contribution in [2.75, 3.05) is 4.90 Å². The van der Waals surface area contributed by atoms with Gasteiger partial charge < -0.3 is 9.32 Å². The first-order chi connectivity index (χ1) is 22.4. The summed E-state index contributed by atoms with van der Waals surface area (Å²) < 4.78 is 7.13. The van der Waals surface area contributed by atoms with E-state index in [-0.39, 0.29) is 0 Å². The Labute approximate surface area is 262 Å². The van der Waals surface area contributed by atoms with Crippen LogP contribution in [0.2, 0.25) is 0 Å². The Morgan fingerprint density at radius 1 is 0.400 bits per heavy atom. The van der Waals surface area contributed by atoms with Crippen LogP contribution >= 0.6 is 0 Å². The van der Waals surface area contributed by atoms with Gasteiger partial charge in [0.05, 0.1) is 11.1 Å². The summed E-state index contributed by atoms with van der Waals surface area (Å²) in [5.41, 5.74) is 11.9. The van der Waals surface area contributed by atoms with Crippen molar-refractivity contribution in [2.45, 2.75) is 5.41 Å². The Bertz CT molecular complexity index is 2230. The van der Waals surface area contributed by atoms with Gasteiger partial charge >= 0.3 is 0 Å². The normalized spacial score (nSPS) is 13.1. The first-order valence-electron chi connectivity index (χ1n) is 15.5. The van der Waals surface area contributed by atoms with E-state index in [2.05, 4.69) is 181 Å². The molecule has 0 amide bonds. The molecule has 0 spiro atoms. The van der Waals surface area contributed by atoms with E-state index < -0.39 is 5.41 Å². The van der Waals surface area contributed by atoms with Crippen LogP contribution in [0.1, 0.15) is 22.3 Å². The Morgan fingerprint density at radius 3 is 1.56 bits per heavy atom. The number of nitrogens with zero attached hydrogens (tertiary/aromatic N) is 1. The molecule has 0 aliphatic heterocycles. The number of benzene rings is 7. The number of hydrogen-bond acceptors (Lipinski definition) is 2. The van der Waals surface area contributed by atoms with E-state index in [1.54, 1.807) is 0 Å².